The molecule has 0 atom stereocenters. The Kier molecular flexibility index (Phi) is 3.77. The number of sulfone groups is 1. The van der Waals surface area contributed by atoms with E-state index in [1.165, 1.54) is 10.5 Å². The molecule has 0 unspecified atom stereocenters. The average Bonchev–Trinajstić information content (AvgIpc) is 2.46. The molecule has 0 radical (unpaired) electrons. The van der Waals surface area contributed by atoms with Crippen LogP contribution in [-0.4, -0.2) is 35.4 Å². The van der Waals surface area contributed by atoms with Gasteiger partial charge in [-0.1, -0.05) is 6.07 Å². The Balaban J connectivity index is 1.70. The Morgan fingerprint density at radius 3 is 2.81 bits per heavy atom. The lowest BCUT2D eigenvalue weighted by molar-refractivity contribution is 0.460. The number of pyridine rings is 1. The molecule has 1 aliphatic rings. The Hall–Kier alpha value is -1.73. The number of fused-ring (bicyclic) bond motifs is 1. The molecular formula is C14H17N3O3S. The van der Waals surface area contributed by atoms with Crippen molar-refractivity contribution in [2.45, 2.75) is 25.4 Å². The van der Waals surface area contributed by atoms with Gasteiger partial charge in [0.25, 0.3) is 5.56 Å². The number of rotatable bonds is 3. The lowest BCUT2D eigenvalue weighted by Gasteiger charge is -2.22. The molecule has 1 fully saturated rings. The highest BCUT2D eigenvalue weighted by Gasteiger charge is 2.23. The van der Waals surface area contributed by atoms with Crippen molar-refractivity contribution in [3.05, 3.63) is 46.5 Å². The van der Waals surface area contributed by atoms with Crippen molar-refractivity contribution >= 4 is 15.5 Å². The second-order valence-corrected chi connectivity index (χ2v) is 7.63. The first kappa shape index (κ1) is 14.2. The molecule has 2 aromatic rings. The van der Waals surface area contributed by atoms with E-state index in [4.69, 9.17) is 0 Å². The predicted octanol–water partition coefficient (Wildman–Crippen LogP) is 0.361. The highest BCUT2D eigenvalue weighted by atomic mass is 32.2. The zero-order valence-corrected chi connectivity index (χ0v) is 12.3. The summed E-state index contributed by atoms with van der Waals surface area (Å²) < 4.78 is 24.3. The van der Waals surface area contributed by atoms with E-state index in [9.17, 15) is 13.2 Å². The van der Waals surface area contributed by atoms with Crippen molar-refractivity contribution in [1.29, 1.82) is 0 Å². The second kappa shape index (κ2) is 5.57. The summed E-state index contributed by atoms with van der Waals surface area (Å²) in [5.74, 6) is 0.469. The van der Waals surface area contributed by atoms with Crippen LogP contribution in [0.5, 0.6) is 0 Å². The van der Waals surface area contributed by atoms with Crippen LogP contribution in [0.2, 0.25) is 0 Å². The van der Waals surface area contributed by atoms with Crippen LogP contribution in [0.1, 0.15) is 18.5 Å². The van der Waals surface area contributed by atoms with E-state index in [0.29, 0.717) is 30.7 Å². The summed E-state index contributed by atoms with van der Waals surface area (Å²) in [6, 6.07) is 7.10. The van der Waals surface area contributed by atoms with E-state index in [2.05, 4.69) is 10.3 Å². The van der Waals surface area contributed by atoms with Crippen molar-refractivity contribution < 1.29 is 8.42 Å². The fourth-order valence-electron chi connectivity index (χ4n) is 2.54. The summed E-state index contributed by atoms with van der Waals surface area (Å²) in [6.07, 6.45) is 2.93. The number of nitrogens with one attached hydrogen (secondary N) is 1. The lowest BCUT2D eigenvalue weighted by Crippen LogP contribution is -2.37. The molecule has 3 rings (SSSR count). The van der Waals surface area contributed by atoms with Crippen molar-refractivity contribution in [3.63, 3.8) is 0 Å². The van der Waals surface area contributed by atoms with Gasteiger partial charge in [0.1, 0.15) is 15.5 Å². The molecule has 3 heterocycles. The van der Waals surface area contributed by atoms with E-state index >= 15 is 0 Å². The minimum Gasteiger partial charge on any atom is -0.308 e. The maximum absolute atomic E-state index is 12.0. The predicted molar refractivity (Wildman–Crippen MR) is 80.0 cm³/mol. The van der Waals surface area contributed by atoms with Crippen molar-refractivity contribution in [2.75, 3.05) is 11.5 Å². The van der Waals surface area contributed by atoms with Crippen LogP contribution < -0.4 is 10.9 Å². The Labute approximate surface area is 122 Å². The van der Waals surface area contributed by atoms with Gasteiger partial charge in [0.2, 0.25) is 0 Å². The van der Waals surface area contributed by atoms with E-state index in [1.54, 1.807) is 18.3 Å². The molecule has 0 aliphatic carbocycles. The first-order valence-electron chi connectivity index (χ1n) is 6.95. The van der Waals surface area contributed by atoms with Crippen LogP contribution in [0.4, 0.5) is 0 Å². The summed E-state index contributed by atoms with van der Waals surface area (Å²) in [5.41, 5.74) is 1.19. The zero-order valence-electron chi connectivity index (χ0n) is 11.5. The molecule has 0 saturated carbocycles. The molecule has 0 bridgehead atoms. The average molecular weight is 307 g/mol. The lowest BCUT2D eigenvalue weighted by atomic mass is 10.1. The molecular weight excluding hydrogens is 290 g/mol. The fourth-order valence-corrected chi connectivity index (χ4v) is 4.03. The van der Waals surface area contributed by atoms with Crippen LogP contribution in [0.25, 0.3) is 5.65 Å². The van der Waals surface area contributed by atoms with Crippen LogP contribution in [0.15, 0.2) is 35.3 Å². The summed E-state index contributed by atoms with van der Waals surface area (Å²) >= 11 is 0. The summed E-state index contributed by atoms with van der Waals surface area (Å²) in [4.78, 5) is 16.4. The van der Waals surface area contributed by atoms with Crippen LogP contribution in [0, 0.1) is 0 Å². The van der Waals surface area contributed by atoms with Gasteiger partial charge in [0.05, 0.1) is 17.2 Å². The van der Waals surface area contributed by atoms with Gasteiger partial charge >= 0.3 is 0 Å². The Morgan fingerprint density at radius 1 is 1.29 bits per heavy atom. The Morgan fingerprint density at radius 2 is 2.05 bits per heavy atom. The maximum atomic E-state index is 12.0. The molecule has 112 valence electrons. The molecule has 2 aromatic heterocycles. The van der Waals surface area contributed by atoms with Gasteiger partial charge in [-0.05, 0) is 25.0 Å². The molecule has 0 aromatic carbocycles. The van der Waals surface area contributed by atoms with Gasteiger partial charge < -0.3 is 5.32 Å². The summed E-state index contributed by atoms with van der Waals surface area (Å²) in [5, 5.41) is 3.29. The highest BCUT2D eigenvalue weighted by molar-refractivity contribution is 7.91. The van der Waals surface area contributed by atoms with Crippen LogP contribution >= 0.6 is 0 Å². The number of hydrogen-bond acceptors (Lipinski definition) is 5. The molecule has 0 amide bonds. The zero-order chi connectivity index (χ0) is 14.9. The summed E-state index contributed by atoms with van der Waals surface area (Å²) in [6.45, 7) is 0.478. The van der Waals surface area contributed by atoms with E-state index < -0.39 is 9.84 Å². The first-order chi connectivity index (χ1) is 10.0. The monoisotopic (exact) mass is 307 g/mol. The third kappa shape index (κ3) is 3.30. The maximum Gasteiger partial charge on any atom is 0.258 e. The minimum atomic E-state index is -2.84. The molecule has 21 heavy (non-hydrogen) atoms. The topological polar surface area (TPSA) is 80.5 Å². The van der Waals surface area contributed by atoms with Crippen molar-refractivity contribution in [2.24, 2.45) is 0 Å². The standard InChI is InChI=1S/C14H17N3O3S/c18-14-9-12(16-13-3-1-2-6-17(13)14)10-15-11-4-7-21(19,20)8-5-11/h1-3,6,9,11,15H,4-5,7-8,10H2. The van der Waals surface area contributed by atoms with Crippen LogP contribution in [0.3, 0.4) is 0 Å². The third-order valence-electron chi connectivity index (χ3n) is 3.75. The van der Waals surface area contributed by atoms with E-state index in [0.717, 1.165) is 0 Å². The summed E-state index contributed by atoms with van der Waals surface area (Å²) in [7, 11) is -2.84. The second-order valence-electron chi connectivity index (χ2n) is 5.32. The van der Waals surface area contributed by atoms with Crippen molar-refractivity contribution in [1.82, 2.24) is 14.7 Å². The van der Waals surface area contributed by atoms with Gasteiger partial charge in [-0.2, -0.15) is 0 Å². The van der Waals surface area contributed by atoms with Crippen molar-refractivity contribution in [3.8, 4) is 0 Å². The van der Waals surface area contributed by atoms with Gasteiger partial charge in [-0.3, -0.25) is 9.20 Å². The van der Waals surface area contributed by atoms with Crippen LogP contribution in [-0.2, 0) is 16.4 Å². The number of aromatic nitrogens is 2. The largest absolute Gasteiger partial charge is 0.308 e. The molecule has 6 nitrogen and oxygen atoms in total. The smallest absolute Gasteiger partial charge is 0.258 e. The molecule has 1 aliphatic heterocycles. The highest BCUT2D eigenvalue weighted by Crippen LogP contribution is 2.12. The number of nitrogens with zero attached hydrogens (tertiary/aromatic N) is 2. The first-order valence-corrected chi connectivity index (χ1v) is 8.77. The van der Waals surface area contributed by atoms with Gasteiger partial charge in [-0.15, -0.1) is 0 Å². The third-order valence-corrected chi connectivity index (χ3v) is 5.47. The molecule has 1 saturated heterocycles. The molecule has 7 heteroatoms. The Bertz CT molecular complexity index is 800. The minimum absolute atomic E-state index is 0.108. The molecule has 1 N–H and O–H groups in total. The number of hydrogen-bond donors (Lipinski definition) is 1. The van der Waals surface area contributed by atoms with Gasteiger partial charge in [0, 0.05) is 24.8 Å². The van der Waals surface area contributed by atoms with E-state index in [1.807, 2.05) is 6.07 Å². The molecule has 0 spiro atoms. The SMILES string of the molecule is O=c1cc(CNC2CCS(=O)(=O)CC2)nc2ccccn12. The quantitative estimate of drug-likeness (QED) is 0.885. The van der Waals surface area contributed by atoms with Gasteiger partial charge in [0.15, 0.2) is 0 Å². The normalized spacial score (nSPS) is 18.9. The van der Waals surface area contributed by atoms with Gasteiger partial charge in [-0.25, -0.2) is 13.4 Å². The fraction of sp³-hybridized carbons (Fsp3) is 0.429. The van der Waals surface area contributed by atoms with E-state index in [-0.39, 0.29) is 23.1 Å².